The van der Waals surface area contributed by atoms with Crippen LogP contribution < -0.4 is 24.6 Å². The van der Waals surface area contributed by atoms with Crippen LogP contribution in [-0.4, -0.2) is 69.3 Å². The number of hydrogen-bond donors (Lipinski definition) is 2. The molecular weight excluding hydrogens is 554 g/mol. The maximum atomic E-state index is 12.6. The topological polar surface area (TPSA) is 114 Å². The zero-order valence-electron chi connectivity index (χ0n) is 24.4. The third kappa shape index (κ3) is 4.89. The molecule has 7 rings (SSSR count). The van der Waals surface area contributed by atoms with E-state index < -0.39 is 11.3 Å². The third-order valence-electron chi connectivity index (χ3n) is 8.70. The molecule has 4 aliphatic rings. The fraction of sp³-hybridized carbons (Fsp3) is 0.500. The maximum absolute atomic E-state index is 12.6. The van der Waals surface area contributed by atoms with Crippen LogP contribution in [0.5, 0.6) is 5.75 Å². The van der Waals surface area contributed by atoms with Gasteiger partial charge in [-0.15, -0.1) is 0 Å². The summed E-state index contributed by atoms with van der Waals surface area (Å²) in [5, 5.41) is 6.70. The van der Waals surface area contributed by atoms with Gasteiger partial charge in [0, 0.05) is 29.4 Å². The number of fused-ring (bicyclic) bond motifs is 3. The van der Waals surface area contributed by atoms with Crippen molar-refractivity contribution < 1.29 is 17.9 Å². The molecule has 3 aromatic rings. The molecule has 0 amide bonds. The number of ether oxygens (including phenoxy) is 2. The predicted molar refractivity (Wildman–Crippen MR) is 162 cm³/mol. The minimum absolute atomic E-state index is 0.0443. The summed E-state index contributed by atoms with van der Waals surface area (Å²) in [6.07, 6.45) is 3.92. The van der Waals surface area contributed by atoms with E-state index in [2.05, 4.69) is 36.3 Å². The van der Waals surface area contributed by atoms with Crippen molar-refractivity contribution in [3.63, 3.8) is 0 Å². The summed E-state index contributed by atoms with van der Waals surface area (Å²) in [5.41, 5.74) is 1.25. The number of aromatic nitrogens is 3. The first-order valence-corrected chi connectivity index (χ1v) is 15.6. The first-order chi connectivity index (χ1) is 20.2. The highest BCUT2D eigenvalue weighted by Gasteiger charge is 2.55. The number of nitrogens with zero attached hydrogens (tertiary/aromatic N) is 5. The molecule has 3 fully saturated rings. The smallest absolute Gasteiger partial charge is 0.266 e. The quantitative estimate of drug-likeness (QED) is 0.434. The van der Waals surface area contributed by atoms with Crippen molar-refractivity contribution in [2.24, 2.45) is 0 Å². The van der Waals surface area contributed by atoms with Gasteiger partial charge in [0.2, 0.25) is 5.95 Å². The SMILES string of the molecule is C[C@H]1COS(=O)N1c1cccc(N2c3nc(Nc4ccc(O[C@@H]5CCNC5)cc4)ncc3[C@@]3(C)COC(C)(C)C[C@@H]23)n1. The van der Waals surface area contributed by atoms with Gasteiger partial charge < -0.3 is 25.0 Å². The number of nitrogens with one attached hydrogen (secondary N) is 2. The largest absolute Gasteiger partial charge is 0.489 e. The second-order valence-electron chi connectivity index (χ2n) is 12.4. The number of rotatable bonds is 6. The van der Waals surface area contributed by atoms with Crippen LogP contribution in [0.2, 0.25) is 0 Å². The standard InChI is InChI=1S/C30H37N7O4S/c1-19-17-40-42(38)37(19)26-7-5-6-25(34-26)36-24-14-29(2,3)39-18-30(24,4)23-16-32-28(35-27(23)36)33-20-8-10-21(11-9-20)41-22-12-13-31-15-22/h5-11,16,19,22,24,31H,12-15,17-18H2,1-4H3,(H,32,33,35)/t19-,22+,24+,30+,42?/m0/s1. The molecule has 2 aromatic heterocycles. The molecule has 3 saturated heterocycles. The van der Waals surface area contributed by atoms with E-state index >= 15 is 0 Å². The fourth-order valence-electron chi connectivity index (χ4n) is 6.33. The van der Waals surface area contributed by atoms with Gasteiger partial charge in [-0.1, -0.05) is 13.0 Å². The van der Waals surface area contributed by atoms with Gasteiger partial charge in [0.15, 0.2) is 0 Å². The van der Waals surface area contributed by atoms with Gasteiger partial charge in [-0.25, -0.2) is 18.5 Å². The molecule has 1 unspecified atom stereocenters. The van der Waals surface area contributed by atoms with Crippen LogP contribution in [0.15, 0.2) is 48.7 Å². The molecule has 0 spiro atoms. The van der Waals surface area contributed by atoms with Gasteiger partial charge in [0.05, 0.1) is 30.9 Å². The molecule has 222 valence electrons. The summed E-state index contributed by atoms with van der Waals surface area (Å²) in [4.78, 5) is 17.0. The van der Waals surface area contributed by atoms with E-state index in [1.54, 1.807) is 4.31 Å². The Kier molecular flexibility index (Phi) is 6.84. The summed E-state index contributed by atoms with van der Waals surface area (Å²) < 4.78 is 32.1. The van der Waals surface area contributed by atoms with Crippen molar-refractivity contribution in [1.29, 1.82) is 0 Å². The highest BCUT2D eigenvalue weighted by Crippen LogP contribution is 2.53. The molecule has 12 heteroatoms. The Balaban J connectivity index is 1.22. The van der Waals surface area contributed by atoms with Crippen LogP contribution in [-0.2, 0) is 25.6 Å². The third-order valence-corrected chi connectivity index (χ3v) is 9.90. The minimum atomic E-state index is -1.57. The second kappa shape index (κ2) is 10.4. The first kappa shape index (κ1) is 27.5. The first-order valence-electron chi connectivity index (χ1n) is 14.6. The van der Waals surface area contributed by atoms with E-state index in [1.807, 2.05) is 55.6 Å². The van der Waals surface area contributed by atoms with Crippen molar-refractivity contribution in [1.82, 2.24) is 20.3 Å². The Hall–Kier alpha value is -3.32. The lowest BCUT2D eigenvalue weighted by Crippen LogP contribution is -2.54. The molecule has 6 heterocycles. The Morgan fingerprint density at radius 3 is 2.67 bits per heavy atom. The fourth-order valence-corrected chi connectivity index (χ4v) is 7.36. The highest BCUT2D eigenvalue weighted by atomic mass is 32.2. The van der Waals surface area contributed by atoms with E-state index in [9.17, 15) is 4.21 Å². The van der Waals surface area contributed by atoms with Gasteiger partial charge in [-0.2, -0.15) is 4.98 Å². The minimum Gasteiger partial charge on any atom is -0.489 e. The molecule has 4 aliphatic heterocycles. The van der Waals surface area contributed by atoms with Crippen LogP contribution in [0.1, 0.15) is 46.1 Å². The van der Waals surface area contributed by atoms with Gasteiger partial charge >= 0.3 is 0 Å². The van der Waals surface area contributed by atoms with Crippen LogP contribution in [0.25, 0.3) is 0 Å². The van der Waals surface area contributed by atoms with Crippen molar-refractivity contribution in [2.75, 3.05) is 40.8 Å². The van der Waals surface area contributed by atoms with Crippen LogP contribution in [0.3, 0.4) is 0 Å². The van der Waals surface area contributed by atoms with Crippen LogP contribution in [0, 0.1) is 0 Å². The lowest BCUT2D eigenvalue weighted by atomic mass is 9.73. The molecule has 42 heavy (non-hydrogen) atoms. The molecule has 11 nitrogen and oxygen atoms in total. The zero-order valence-corrected chi connectivity index (χ0v) is 25.2. The zero-order chi connectivity index (χ0) is 29.1. The average molecular weight is 592 g/mol. The Bertz CT molecular complexity index is 1500. The summed E-state index contributed by atoms with van der Waals surface area (Å²) in [5.74, 6) is 3.49. The van der Waals surface area contributed by atoms with Crippen molar-refractivity contribution in [3.8, 4) is 5.75 Å². The molecular formula is C30H37N7O4S. The molecule has 0 bridgehead atoms. The molecule has 0 radical (unpaired) electrons. The van der Waals surface area contributed by atoms with Crippen molar-refractivity contribution in [2.45, 2.75) is 69.7 Å². The van der Waals surface area contributed by atoms with Crippen molar-refractivity contribution >= 4 is 40.4 Å². The lowest BCUT2D eigenvalue weighted by molar-refractivity contribution is -0.0893. The van der Waals surface area contributed by atoms with Gasteiger partial charge in [0.1, 0.15) is 29.3 Å². The van der Waals surface area contributed by atoms with E-state index in [0.717, 1.165) is 54.6 Å². The van der Waals surface area contributed by atoms with Gasteiger partial charge in [-0.3, -0.25) is 4.18 Å². The average Bonchev–Trinajstić information content (AvgIpc) is 3.66. The lowest BCUT2D eigenvalue weighted by Gasteiger charge is -2.46. The number of benzene rings is 1. The monoisotopic (exact) mass is 591 g/mol. The summed E-state index contributed by atoms with van der Waals surface area (Å²) in [6, 6.07) is 13.7. The highest BCUT2D eigenvalue weighted by molar-refractivity contribution is 7.82. The van der Waals surface area contributed by atoms with Crippen molar-refractivity contribution in [3.05, 3.63) is 54.2 Å². The van der Waals surface area contributed by atoms with E-state index in [-0.39, 0.29) is 29.2 Å². The molecule has 0 aliphatic carbocycles. The van der Waals surface area contributed by atoms with E-state index in [1.165, 1.54) is 0 Å². The molecule has 2 N–H and O–H groups in total. The molecule has 1 aromatic carbocycles. The van der Waals surface area contributed by atoms with Gasteiger partial charge in [-0.05, 0) is 76.6 Å². The second-order valence-corrected chi connectivity index (χ2v) is 13.5. The van der Waals surface area contributed by atoms with Crippen LogP contribution in [0.4, 0.5) is 29.1 Å². The number of anilines is 5. The van der Waals surface area contributed by atoms with E-state index in [0.29, 0.717) is 25.0 Å². The Morgan fingerprint density at radius 1 is 1.12 bits per heavy atom. The molecule has 5 atom stereocenters. The summed E-state index contributed by atoms with van der Waals surface area (Å²) in [7, 11) is 0. The number of hydrogen-bond acceptors (Lipinski definition) is 10. The Morgan fingerprint density at radius 2 is 1.93 bits per heavy atom. The maximum Gasteiger partial charge on any atom is 0.266 e. The Labute approximate surface area is 248 Å². The molecule has 0 saturated carbocycles. The summed E-state index contributed by atoms with van der Waals surface area (Å²) >= 11 is -1.57. The predicted octanol–water partition coefficient (Wildman–Crippen LogP) is 4.14. The summed E-state index contributed by atoms with van der Waals surface area (Å²) in [6.45, 7) is 11.3. The van der Waals surface area contributed by atoms with Gasteiger partial charge in [0.25, 0.3) is 11.3 Å². The number of pyridine rings is 1. The van der Waals surface area contributed by atoms with Crippen LogP contribution >= 0.6 is 0 Å². The van der Waals surface area contributed by atoms with E-state index in [4.69, 9.17) is 28.6 Å². The normalized spacial score (nSPS) is 29.8.